The topological polar surface area (TPSA) is 112 Å². The van der Waals surface area contributed by atoms with E-state index in [9.17, 15) is 18.9 Å². The molecule has 2 aliphatic heterocycles. The van der Waals surface area contributed by atoms with Crippen molar-refractivity contribution in [3.05, 3.63) is 81.8 Å². The fourth-order valence-electron chi connectivity index (χ4n) is 5.07. The Hall–Kier alpha value is -2.66. The molecule has 2 aliphatic rings. The van der Waals surface area contributed by atoms with Crippen molar-refractivity contribution in [2.45, 2.75) is 66.5 Å². The summed E-state index contributed by atoms with van der Waals surface area (Å²) >= 11 is 3.38. The van der Waals surface area contributed by atoms with Gasteiger partial charge in [-0.3, -0.25) is 24.0 Å². The molecule has 0 saturated carbocycles. The Morgan fingerprint density at radius 3 is 1.54 bits per heavy atom. The molecule has 266 valence electrons. The number of hydrogen-bond acceptors (Lipinski definition) is 10. The second-order valence-electron chi connectivity index (χ2n) is 11.1. The van der Waals surface area contributed by atoms with Gasteiger partial charge in [0.25, 0.3) is 0 Å². The van der Waals surface area contributed by atoms with Crippen molar-refractivity contribution in [2.75, 3.05) is 58.8 Å². The number of hydrogen-bond donors (Lipinski definition) is 0. The van der Waals surface area contributed by atoms with E-state index in [1.807, 2.05) is 19.1 Å². The number of carbonyl (C=O) groups excluding carboxylic acids is 3. The molecule has 0 atom stereocenters. The lowest BCUT2D eigenvalue weighted by atomic mass is 10.0. The first-order valence-electron chi connectivity index (χ1n) is 16.8. The SMILES string of the molecule is CCOC(=O)C(Br)=C1CCN(Cc2ccccc2)CC1.CCOC(=O)CP(=O)(OCC)OCC.O=C1CCN(Cc2ccccc2)CC1. The molecule has 12 heteroatoms. The van der Waals surface area contributed by atoms with Gasteiger partial charge in [-0.25, -0.2) is 4.79 Å². The maximum atomic E-state index is 11.8. The summed E-state index contributed by atoms with van der Waals surface area (Å²) < 4.78 is 31.9. The van der Waals surface area contributed by atoms with Gasteiger partial charge in [-0.15, -0.1) is 0 Å². The Morgan fingerprint density at radius 1 is 0.688 bits per heavy atom. The van der Waals surface area contributed by atoms with E-state index >= 15 is 0 Å². The second kappa shape index (κ2) is 23.7. The third-order valence-electron chi connectivity index (χ3n) is 7.42. The minimum atomic E-state index is -3.28. The van der Waals surface area contributed by atoms with Crippen LogP contribution in [0, 0.1) is 0 Å². The number of piperidine rings is 2. The third-order valence-corrected chi connectivity index (χ3v) is 10.2. The summed E-state index contributed by atoms with van der Waals surface area (Å²) in [7, 11) is -3.28. The number of esters is 2. The van der Waals surface area contributed by atoms with Gasteiger partial charge < -0.3 is 18.5 Å². The van der Waals surface area contributed by atoms with Crippen LogP contribution in [0.5, 0.6) is 0 Å². The highest BCUT2D eigenvalue weighted by Gasteiger charge is 2.28. The lowest BCUT2D eigenvalue weighted by molar-refractivity contribution is -0.140. The van der Waals surface area contributed by atoms with Crippen LogP contribution in [0.25, 0.3) is 0 Å². The number of ketones is 1. The van der Waals surface area contributed by atoms with Crippen molar-refractivity contribution in [1.29, 1.82) is 0 Å². The minimum absolute atomic E-state index is 0.237. The largest absolute Gasteiger partial charge is 0.466 e. The summed E-state index contributed by atoms with van der Waals surface area (Å²) in [6.45, 7) is 13.8. The van der Waals surface area contributed by atoms with E-state index in [2.05, 4.69) is 79.0 Å². The highest BCUT2D eigenvalue weighted by Crippen LogP contribution is 2.47. The minimum Gasteiger partial charge on any atom is -0.466 e. The Labute approximate surface area is 294 Å². The van der Waals surface area contributed by atoms with E-state index in [0.717, 1.165) is 65.0 Å². The molecule has 10 nitrogen and oxygen atoms in total. The Balaban J connectivity index is 0.000000257. The summed E-state index contributed by atoms with van der Waals surface area (Å²) in [5.41, 5.74) is 3.85. The van der Waals surface area contributed by atoms with Gasteiger partial charge in [0, 0.05) is 52.1 Å². The smallest absolute Gasteiger partial charge is 0.345 e. The molecule has 0 amide bonds. The second-order valence-corrected chi connectivity index (χ2v) is 14.0. The predicted octanol–water partition coefficient (Wildman–Crippen LogP) is 7.16. The molecule has 2 heterocycles. The third kappa shape index (κ3) is 16.6. The van der Waals surface area contributed by atoms with Gasteiger partial charge >= 0.3 is 19.5 Å². The molecule has 2 aromatic rings. The first kappa shape index (κ1) is 41.5. The average Bonchev–Trinajstić information content (AvgIpc) is 3.08. The molecule has 0 unspecified atom stereocenters. The van der Waals surface area contributed by atoms with Crippen molar-refractivity contribution in [3.63, 3.8) is 0 Å². The van der Waals surface area contributed by atoms with Crippen molar-refractivity contribution >= 4 is 41.2 Å². The molecule has 48 heavy (non-hydrogen) atoms. The first-order valence-corrected chi connectivity index (χ1v) is 19.3. The summed E-state index contributed by atoms with van der Waals surface area (Å²) in [6.07, 6.45) is 2.99. The number of benzene rings is 2. The molecule has 0 aliphatic carbocycles. The van der Waals surface area contributed by atoms with E-state index in [0.29, 0.717) is 16.9 Å². The molecular weight excluding hydrogens is 699 g/mol. The molecule has 4 rings (SSSR count). The van der Waals surface area contributed by atoms with E-state index in [1.54, 1.807) is 20.8 Å². The number of halogens is 1. The normalized spacial score (nSPS) is 15.4. The Kier molecular flexibility index (Phi) is 20.5. The van der Waals surface area contributed by atoms with Crippen LogP contribution >= 0.6 is 23.5 Å². The molecular formula is C36H52BrN2O8P. The van der Waals surface area contributed by atoms with Gasteiger partial charge in [-0.1, -0.05) is 60.7 Å². The number of rotatable bonds is 13. The predicted molar refractivity (Wildman–Crippen MR) is 192 cm³/mol. The summed E-state index contributed by atoms with van der Waals surface area (Å²) in [5, 5.41) is 0. The van der Waals surface area contributed by atoms with Crippen LogP contribution in [-0.4, -0.2) is 86.3 Å². The summed E-state index contributed by atoms with van der Waals surface area (Å²) in [5.74, 6) is -0.383. The van der Waals surface area contributed by atoms with Gasteiger partial charge in [-0.2, -0.15) is 0 Å². The molecule has 0 bridgehead atoms. The van der Waals surface area contributed by atoms with Crippen LogP contribution in [0.1, 0.15) is 64.5 Å². The first-order chi connectivity index (χ1) is 23.1. The zero-order chi connectivity index (χ0) is 35.2. The average molecular weight is 752 g/mol. The van der Waals surface area contributed by atoms with Crippen molar-refractivity contribution in [2.24, 2.45) is 0 Å². The fraction of sp³-hybridized carbons (Fsp3) is 0.528. The van der Waals surface area contributed by atoms with E-state index in [4.69, 9.17) is 13.8 Å². The lowest BCUT2D eigenvalue weighted by Crippen LogP contribution is -2.33. The number of ether oxygens (including phenoxy) is 2. The van der Waals surface area contributed by atoms with E-state index in [-0.39, 0.29) is 32.0 Å². The molecule has 0 radical (unpaired) electrons. The number of nitrogens with zero attached hydrogens (tertiary/aromatic N) is 2. The molecule has 0 aromatic heterocycles. The maximum Gasteiger partial charge on any atom is 0.345 e. The van der Waals surface area contributed by atoms with E-state index < -0.39 is 13.6 Å². The Morgan fingerprint density at radius 2 is 1.12 bits per heavy atom. The van der Waals surface area contributed by atoms with Gasteiger partial charge in [0.2, 0.25) is 0 Å². The number of Topliss-reactive ketones (excluding diaryl/α,β-unsaturated/α-hetero) is 1. The van der Waals surface area contributed by atoms with Crippen molar-refractivity contribution in [1.82, 2.24) is 9.80 Å². The molecule has 0 N–H and O–H groups in total. The number of carbonyl (C=O) groups is 3. The molecule has 2 aromatic carbocycles. The monoisotopic (exact) mass is 750 g/mol. The van der Waals surface area contributed by atoms with Gasteiger partial charge in [0.1, 0.15) is 16.4 Å². The van der Waals surface area contributed by atoms with Gasteiger partial charge in [0.05, 0.1) is 26.4 Å². The van der Waals surface area contributed by atoms with Crippen molar-refractivity contribution in [3.8, 4) is 0 Å². The fourth-order valence-corrected chi connectivity index (χ4v) is 7.03. The van der Waals surface area contributed by atoms with Crippen LogP contribution in [0.4, 0.5) is 0 Å². The quantitative estimate of drug-likeness (QED) is 0.119. The van der Waals surface area contributed by atoms with Crippen molar-refractivity contribution < 1.29 is 37.5 Å². The summed E-state index contributed by atoms with van der Waals surface area (Å²) in [6, 6.07) is 20.9. The highest BCUT2D eigenvalue weighted by molar-refractivity contribution is 9.12. The number of likely N-dealkylation sites (tertiary alicyclic amines) is 2. The zero-order valence-electron chi connectivity index (χ0n) is 28.9. The van der Waals surface area contributed by atoms with Crippen LogP contribution in [0.3, 0.4) is 0 Å². The van der Waals surface area contributed by atoms with E-state index in [1.165, 1.54) is 16.7 Å². The maximum absolute atomic E-state index is 11.8. The standard InChI is InChI=1S/C16H20BrNO2.C12H15NO.C8H17O5P/c1-2-20-16(19)15(17)14-8-10-18(11-9-14)12-13-6-4-3-5-7-13;14-12-6-8-13(9-7-12)10-11-4-2-1-3-5-11;1-4-11-8(9)7-14(10,12-5-2)13-6-3/h3-7H,2,8-12H2,1H3;1-5H,6-10H2;4-7H2,1-3H3. The molecule has 2 fully saturated rings. The van der Waals surface area contributed by atoms with Gasteiger partial charge in [-0.05, 0) is 73.2 Å². The zero-order valence-corrected chi connectivity index (χ0v) is 31.3. The van der Waals surface area contributed by atoms with Crippen LogP contribution in [0.15, 0.2) is 70.7 Å². The van der Waals surface area contributed by atoms with Gasteiger partial charge in [0.15, 0.2) is 0 Å². The Bertz CT molecular complexity index is 1300. The van der Waals surface area contributed by atoms with Crippen LogP contribution in [-0.2, 0) is 50.6 Å². The molecule has 2 saturated heterocycles. The lowest BCUT2D eigenvalue weighted by Gasteiger charge is -2.28. The van der Waals surface area contributed by atoms with Crippen LogP contribution in [0.2, 0.25) is 0 Å². The highest BCUT2D eigenvalue weighted by atomic mass is 79.9. The summed E-state index contributed by atoms with van der Waals surface area (Å²) in [4.78, 5) is 38.5. The van der Waals surface area contributed by atoms with Crippen LogP contribution < -0.4 is 0 Å². The molecule has 0 spiro atoms.